The second-order valence-corrected chi connectivity index (χ2v) is 3.43. The second kappa shape index (κ2) is 5.85. The van der Waals surface area contributed by atoms with Crippen LogP contribution >= 0.6 is 0 Å². The molecule has 0 aliphatic heterocycles. The van der Waals surface area contributed by atoms with E-state index in [1.807, 2.05) is 0 Å². The molecule has 0 saturated heterocycles. The van der Waals surface area contributed by atoms with Gasteiger partial charge in [-0.1, -0.05) is 26.7 Å². The minimum atomic E-state index is 1.03. The van der Waals surface area contributed by atoms with Crippen LogP contribution in [0, 0.1) is 6.92 Å². The van der Waals surface area contributed by atoms with E-state index in [9.17, 15) is 0 Å². The molecule has 1 aromatic rings. The first-order chi connectivity index (χ1) is 6.36. The van der Waals surface area contributed by atoms with Gasteiger partial charge in [0.2, 0.25) is 0 Å². The van der Waals surface area contributed by atoms with Gasteiger partial charge in [0, 0.05) is 12.8 Å². The van der Waals surface area contributed by atoms with E-state index in [-0.39, 0.29) is 0 Å². The lowest BCUT2D eigenvalue weighted by Crippen LogP contribution is -1.81. The van der Waals surface area contributed by atoms with Crippen LogP contribution in [0.2, 0.25) is 0 Å². The number of unbranched alkanes of at least 4 members (excludes halogenated alkanes) is 2. The first-order valence-corrected chi connectivity index (χ1v) is 5.23. The number of hydrogen-bond acceptors (Lipinski definition) is 1. The molecule has 0 bridgehead atoms. The smallest absolute Gasteiger partial charge is 0.104 e. The van der Waals surface area contributed by atoms with Crippen molar-refractivity contribution in [2.24, 2.45) is 0 Å². The lowest BCUT2D eigenvalue weighted by Gasteiger charge is -1.95. The summed E-state index contributed by atoms with van der Waals surface area (Å²) in [6, 6.07) is 4.21. The standard InChI is InChI=1S/C12H19O/c1-3-5-6-8-12-10-9-11(13-12)7-4-2/h9-10H,1,3-8H2,2H3. The highest BCUT2D eigenvalue weighted by Gasteiger charge is 2.00. The van der Waals surface area contributed by atoms with Crippen molar-refractivity contribution in [3.05, 3.63) is 30.6 Å². The molecule has 0 saturated carbocycles. The van der Waals surface area contributed by atoms with Crippen LogP contribution in [0.15, 0.2) is 16.5 Å². The Morgan fingerprint density at radius 1 is 1.15 bits per heavy atom. The van der Waals surface area contributed by atoms with Crippen molar-refractivity contribution >= 4 is 0 Å². The molecule has 1 rings (SSSR count). The van der Waals surface area contributed by atoms with Gasteiger partial charge in [0.15, 0.2) is 0 Å². The molecule has 1 nitrogen and oxygen atoms in total. The minimum absolute atomic E-state index is 1.03. The molecule has 0 amide bonds. The van der Waals surface area contributed by atoms with Gasteiger partial charge in [0.25, 0.3) is 0 Å². The Morgan fingerprint density at radius 2 is 1.85 bits per heavy atom. The fourth-order valence-electron chi connectivity index (χ4n) is 1.41. The normalized spacial score (nSPS) is 10.6. The minimum Gasteiger partial charge on any atom is -0.466 e. The van der Waals surface area contributed by atoms with E-state index < -0.39 is 0 Å². The van der Waals surface area contributed by atoms with Gasteiger partial charge in [0.1, 0.15) is 11.5 Å². The number of aryl methyl sites for hydroxylation is 2. The molecule has 0 fully saturated rings. The van der Waals surface area contributed by atoms with Gasteiger partial charge in [-0.05, 0) is 25.0 Å². The number of hydrogen-bond donors (Lipinski definition) is 0. The summed E-state index contributed by atoms with van der Waals surface area (Å²) in [5, 5.41) is 0. The molecule has 1 radical (unpaired) electrons. The Hall–Kier alpha value is -0.720. The molecule has 0 aromatic carbocycles. The molecular formula is C12H19O. The fourth-order valence-corrected chi connectivity index (χ4v) is 1.41. The monoisotopic (exact) mass is 179 g/mol. The molecule has 0 spiro atoms. The first-order valence-electron chi connectivity index (χ1n) is 5.23. The van der Waals surface area contributed by atoms with E-state index in [0.29, 0.717) is 0 Å². The summed E-state index contributed by atoms with van der Waals surface area (Å²) in [7, 11) is 0. The molecular weight excluding hydrogens is 160 g/mol. The van der Waals surface area contributed by atoms with Gasteiger partial charge in [0.05, 0.1) is 0 Å². The highest BCUT2D eigenvalue weighted by atomic mass is 16.3. The summed E-state index contributed by atoms with van der Waals surface area (Å²) < 4.78 is 5.65. The van der Waals surface area contributed by atoms with Crippen LogP contribution in [0.3, 0.4) is 0 Å². The third-order valence-corrected chi connectivity index (χ3v) is 2.14. The van der Waals surface area contributed by atoms with E-state index >= 15 is 0 Å². The number of rotatable bonds is 6. The van der Waals surface area contributed by atoms with Gasteiger partial charge in [-0.15, -0.1) is 0 Å². The van der Waals surface area contributed by atoms with Gasteiger partial charge < -0.3 is 4.42 Å². The average Bonchev–Trinajstić information content (AvgIpc) is 2.54. The van der Waals surface area contributed by atoms with Crippen LogP contribution < -0.4 is 0 Å². The molecule has 0 atom stereocenters. The van der Waals surface area contributed by atoms with Gasteiger partial charge in [-0.25, -0.2) is 0 Å². The zero-order valence-corrected chi connectivity index (χ0v) is 8.51. The molecule has 73 valence electrons. The molecule has 1 heterocycles. The van der Waals surface area contributed by atoms with Crippen LogP contribution in [-0.4, -0.2) is 0 Å². The quantitative estimate of drug-likeness (QED) is 0.606. The third-order valence-electron chi connectivity index (χ3n) is 2.14. The average molecular weight is 179 g/mol. The molecule has 1 aromatic heterocycles. The summed E-state index contributed by atoms with van der Waals surface area (Å²) in [5.74, 6) is 2.27. The third kappa shape index (κ3) is 3.67. The number of furan rings is 1. The lowest BCUT2D eigenvalue weighted by molar-refractivity contribution is 0.455. The van der Waals surface area contributed by atoms with Crippen LogP contribution in [0.5, 0.6) is 0 Å². The fraction of sp³-hybridized carbons (Fsp3) is 0.583. The SMILES string of the molecule is [CH2]CCCCc1ccc(CCC)o1. The lowest BCUT2D eigenvalue weighted by atomic mass is 10.2. The maximum Gasteiger partial charge on any atom is 0.104 e. The Balaban J connectivity index is 2.31. The molecule has 0 unspecified atom stereocenters. The largest absolute Gasteiger partial charge is 0.466 e. The van der Waals surface area contributed by atoms with Gasteiger partial charge in [-0.3, -0.25) is 0 Å². The van der Waals surface area contributed by atoms with Crippen molar-refractivity contribution in [1.29, 1.82) is 0 Å². The summed E-state index contributed by atoms with van der Waals surface area (Å²) in [6.07, 6.45) is 6.72. The second-order valence-electron chi connectivity index (χ2n) is 3.43. The first kappa shape index (κ1) is 10.4. The van der Waals surface area contributed by atoms with Gasteiger partial charge in [-0.2, -0.15) is 0 Å². The zero-order valence-electron chi connectivity index (χ0n) is 8.51. The van der Waals surface area contributed by atoms with E-state index in [2.05, 4.69) is 26.0 Å². The maximum atomic E-state index is 5.65. The topological polar surface area (TPSA) is 13.1 Å². The van der Waals surface area contributed by atoms with Crippen molar-refractivity contribution in [3.8, 4) is 0 Å². The summed E-state index contributed by atoms with van der Waals surface area (Å²) >= 11 is 0. The molecule has 0 N–H and O–H groups in total. The van der Waals surface area contributed by atoms with Gasteiger partial charge >= 0.3 is 0 Å². The zero-order chi connectivity index (χ0) is 9.52. The maximum absolute atomic E-state index is 5.65. The summed E-state index contributed by atoms with van der Waals surface area (Å²) in [4.78, 5) is 0. The van der Waals surface area contributed by atoms with E-state index in [1.165, 1.54) is 12.8 Å². The molecule has 1 heteroatoms. The van der Waals surface area contributed by atoms with Crippen molar-refractivity contribution in [2.45, 2.75) is 45.4 Å². The van der Waals surface area contributed by atoms with Crippen molar-refractivity contribution < 1.29 is 4.42 Å². The Morgan fingerprint density at radius 3 is 2.46 bits per heavy atom. The Labute approximate surface area is 81.1 Å². The van der Waals surface area contributed by atoms with Crippen LogP contribution in [0.1, 0.15) is 44.1 Å². The summed E-state index contributed by atoms with van der Waals surface area (Å²) in [6.45, 7) is 5.99. The van der Waals surface area contributed by atoms with E-state index in [1.54, 1.807) is 0 Å². The highest BCUT2D eigenvalue weighted by Crippen LogP contribution is 2.12. The highest BCUT2D eigenvalue weighted by molar-refractivity contribution is 5.07. The Bertz CT molecular complexity index is 225. The van der Waals surface area contributed by atoms with Crippen LogP contribution in [-0.2, 0) is 12.8 Å². The van der Waals surface area contributed by atoms with Crippen LogP contribution in [0.4, 0.5) is 0 Å². The predicted octanol–water partition coefficient (Wildman–Crippen LogP) is 3.78. The van der Waals surface area contributed by atoms with Crippen molar-refractivity contribution in [2.75, 3.05) is 0 Å². The summed E-state index contributed by atoms with van der Waals surface area (Å²) in [5.41, 5.74) is 0. The predicted molar refractivity (Wildman–Crippen MR) is 55.6 cm³/mol. The van der Waals surface area contributed by atoms with E-state index in [0.717, 1.165) is 37.2 Å². The molecule has 0 aliphatic rings. The van der Waals surface area contributed by atoms with E-state index in [4.69, 9.17) is 4.42 Å². The van der Waals surface area contributed by atoms with Crippen LogP contribution in [0.25, 0.3) is 0 Å². The van der Waals surface area contributed by atoms with Crippen molar-refractivity contribution in [3.63, 3.8) is 0 Å². The Kier molecular flexibility index (Phi) is 4.66. The molecule has 13 heavy (non-hydrogen) atoms. The molecule has 0 aliphatic carbocycles. The van der Waals surface area contributed by atoms with Crippen molar-refractivity contribution in [1.82, 2.24) is 0 Å².